The first-order chi connectivity index (χ1) is 6.86. The smallest absolute Gasteiger partial charge is 0.0961 e. The van der Waals surface area contributed by atoms with Crippen molar-refractivity contribution in [2.24, 2.45) is 0 Å². The summed E-state index contributed by atoms with van der Waals surface area (Å²) in [7, 11) is 0. The highest BCUT2D eigenvalue weighted by Crippen LogP contribution is 2.11. The van der Waals surface area contributed by atoms with Gasteiger partial charge in [-0.1, -0.05) is 0 Å². The van der Waals surface area contributed by atoms with E-state index in [1.807, 2.05) is 0 Å². The molecule has 1 saturated heterocycles. The van der Waals surface area contributed by atoms with E-state index in [0.717, 1.165) is 38.2 Å². The molecule has 80 valence electrons. The third-order valence-electron chi connectivity index (χ3n) is 2.38. The predicted octanol–water partition coefficient (Wildman–Crippen LogP) is 1.40. The third kappa shape index (κ3) is 4.32. The van der Waals surface area contributed by atoms with E-state index in [1.54, 1.807) is 11.8 Å². The van der Waals surface area contributed by atoms with E-state index in [9.17, 15) is 0 Å². The molecule has 1 N–H and O–H groups in total. The molecule has 1 rings (SSSR count). The molecule has 0 aromatic rings. The summed E-state index contributed by atoms with van der Waals surface area (Å²) in [6.07, 6.45) is 5.61. The van der Waals surface area contributed by atoms with Crippen LogP contribution < -0.4 is 5.32 Å². The zero-order valence-electron chi connectivity index (χ0n) is 8.66. The van der Waals surface area contributed by atoms with Crippen molar-refractivity contribution in [3.05, 3.63) is 0 Å². The van der Waals surface area contributed by atoms with Gasteiger partial charge in [0.15, 0.2) is 0 Å². The lowest BCUT2D eigenvalue weighted by atomic mass is 10.2. The maximum absolute atomic E-state index is 8.86. The molecule has 0 bridgehead atoms. The Labute approximate surface area is 90.2 Å². The van der Waals surface area contributed by atoms with E-state index in [-0.39, 0.29) is 6.04 Å². The Morgan fingerprint density at radius 3 is 3.14 bits per heavy atom. The second kappa shape index (κ2) is 7.10. The molecule has 2 atom stereocenters. The highest BCUT2D eigenvalue weighted by Gasteiger charge is 2.16. The monoisotopic (exact) mass is 214 g/mol. The molecule has 3 nitrogen and oxygen atoms in total. The van der Waals surface area contributed by atoms with E-state index in [4.69, 9.17) is 10.00 Å². The van der Waals surface area contributed by atoms with Crippen molar-refractivity contribution in [2.45, 2.75) is 31.4 Å². The molecule has 0 amide bonds. The summed E-state index contributed by atoms with van der Waals surface area (Å²) in [5.74, 6) is 1.04. The minimum Gasteiger partial charge on any atom is -0.377 e. The van der Waals surface area contributed by atoms with E-state index in [1.165, 1.54) is 0 Å². The molecule has 2 unspecified atom stereocenters. The molecular weight excluding hydrogens is 196 g/mol. The van der Waals surface area contributed by atoms with Gasteiger partial charge >= 0.3 is 0 Å². The first-order valence-corrected chi connectivity index (χ1v) is 6.49. The second-order valence-corrected chi connectivity index (χ2v) is 4.49. The first kappa shape index (κ1) is 11.8. The van der Waals surface area contributed by atoms with Gasteiger partial charge in [-0.15, -0.1) is 0 Å². The summed E-state index contributed by atoms with van der Waals surface area (Å²) in [5, 5.41) is 12.1. The normalized spacial score (nSPS) is 23.3. The summed E-state index contributed by atoms with van der Waals surface area (Å²) in [4.78, 5) is 0. The fourth-order valence-electron chi connectivity index (χ4n) is 1.53. The third-order valence-corrected chi connectivity index (χ3v) is 3.03. The minimum absolute atomic E-state index is 0.00773. The zero-order valence-corrected chi connectivity index (χ0v) is 9.48. The van der Waals surface area contributed by atoms with Crippen molar-refractivity contribution in [2.75, 3.05) is 25.2 Å². The van der Waals surface area contributed by atoms with Crippen LogP contribution in [0.4, 0.5) is 0 Å². The number of rotatable bonds is 6. The predicted molar refractivity (Wildman–Crippen MR) is 59.4 cm³/mol. The molecule has 0 aliphatic carbocycles. The Morgan fingerprint density at radius 2 is 2.57 bits per heavy atom. The van der Waals surface area contributed by atoms with Crippen LogP contribution in [0.1, 0.15) is 19.3 Å². The van der Waals surface area contributed by atoms with E-state index >= 15 is 0 Å². The Kier molecular flexibility index (Phi) is 6.00. The fraction of sp³-hybridized carbons (Fsp3) is 0.900. The van der Waals surface area contributed by atoms with Crippen LogP contribution >= 0.6 is 11.8 Å². The van der Waals surface area contributed by atoms with Crippen molar-refractivity contribution >= 4 is 11.8 Å². The van der Waals surface area contributed by atoms with Crippen molar-refractivity contribution < 1.29 is 4.74 Å². The lowest BCUT2D eigenvalue weighted by Crippen LogP contribution is -2.34. The molecular formula is C10H18N2OS. The van der Waals surface area contributed by atoms with Gasteiger partial charge < -0.3 is 4.74 Å². The topological polar surface area (TPSA) is 45.0 Å². The first-order valence-electron chi connectivity index (χ1n) is 5.10. The van der Waals surface area contributed by atoms with Crippen LogP contribution in [-0.4, -0.2) is 37.3 Å². The molecule has 0 radical (unpaired) electrons. The van der Waals surface area contributed by atoms with Crippen molar-refractivity contribution in [3.8, 4) is 6.07 Å². The van der Waals surface area contributed by atoms with E-state index in [2.05, 4.69) is 17.6 Å². The molecule has 1 fully saturated rings. The van der Waals surface area contributed by atoms with Crippen LogP contribution in [0.15, 0.2) is 0 Å². The van der Waals surface area contributed by atoms with Crippen molar-refractivity contribution in [1.82, 2.24) is 5.32 Å². The van der Waals surface area contributed by atoms with E-state index in [0.29, 0.717) is 6.10 Å². The molecule has 0 aromatic heterocycles. The molecule has 1 aliphatic rings. The van der Waals surface area contributed by atoms with Gasteiger partial charge in [0, 0.05) is 13.2 Å². The average molecular weight is 214 g/mol. The number of thioether (sulfide) groups is 1. The van der Waals surface area contributed by atoms with Gasteiger partial charge in [0.25, 0.3) is 0 Å². The van der Waals surface area contributed by atoms with Gasteiger partial charge in [-0.05, 0) is 31.3 Å². The Morgan fingerprint density at radius 1 is 1.71 bits per heavy atom. The Hall–Kier alpha value is -0.240. The summed E-state index contributed by atoms with van der Waals surface area (Å²) in [6.45, 7) is 1.71. The van der Waals surface area contributed by atoms with Gasteiger partial charge in [0.05, 0.1) is 18.2 Å². The number of nitrogens with zero attached hydrogens (tertiary/aromatic N) is 1. The van der Waals surface area contributed by atoms with Crippen LogP contribution in [0.25, 0.3) is 0 Å². The van der Waals surface area contributed by atoms with Gasteiger partial charge in [-0.25, -0.2) is 0 Å². The SMILES string of the molecule is CSCCC(C#N)NCC1CCCO1. The number of hydrogen-bond donors (Lipinski definition) is 1. The zero-order chi connectivity index (χ0) is 10.2. The standard InChI is InChI=1S/C10H18N2OS/c1-14-6-4-9(7-11)12-8-10-3-2-5-13-10/h9-10,12H,2-6,8H2,1H3. The Balaban J connectivity index is 2.10. The van der Waals surface area contributed by atoms with Gasteiger partial charge in [0.2, 0.25) is 0 Å². The highest BCUT2D eigenvalue weighted by molar-refractivity contribution is 7.98. The molecule has 4 heteroatoms. The quantitative estimate of drug-likeness (QED) is 0.726. The average Bonchev–Trinajstić information content (AvgIpc) is 2.71. The summed E-state index contributed by atoms with van der Waals surface area (Å²) in [5.41, 5.74) is 0. The minimum atomic E-state index is -0.00773. The maximum atomic E-state index is 8.86. The van der Waals surface area contributed by atoms with Gasteiger partial charge in [0.1, 0.15) is 0 Å². The molecule has 0 aromatic carbocycles. The van der Waals surface area contributed by atoms with Crippen LogP contribution in [-0.2, 0) is 4.74 Å². The summed E-state index contributed by atoms with van der Waals surface area (Å²) >= 11 is 1.78. The largest absolute Gasteiger partial charge is 0.377 e. The van der Waals surface area contributed by atoms with Gasteiger partial charge in [-0.3, -0.25) is 5.32 Å². The van der Waals surface area contributed by atoms with Crippen LogP contribution in [0.2, 0.25) is 0 Å². The molecule has 1 heterocycles. The molecule has 0 saturated carbocycles. The van der Waals surface area contributed by atoms with E-state index < -0.39 is 0 Å². The molecule has 1 aliphatic heterocycles. The number of hydrogen-bond acceptors (Lipinski definition) is 4. The highest BCUT2D eigenvalue weighted by atomic mass is 32.2. The Bertz CT molecular complexity index is 187. The van der Waals surface area contributed by atoms with Gasteiger partial charge in [-0.2, -0.15) is 17.0 Å². The lowest BCUT2D eigenvalue weighted by molar-refractivity contribution is 0.109. The summed E-state index contributed by atoms with van der Waals surface area (Å²) < 4.78 is 5.48. The maximum Gasteiger partial charge on any atom is 0.0961 e. The fourth-order valence-corrected chi connectivity index (χ4v) is 2.00. The number of ether oxygens (including phenoxy) is 1. The molecule has 0 spiro atoms. The number of nitriles is 1. The summed E-state index contributed by atoms with van der Waals surface area (Å²) in [6, 6.07) is 2.27. The lowest BCUT2D eigenvalue weighted by Gasteiger charge is -2.14. The van der Waals surface area contributed by atoms with Crippen LogP contribution in [0, 0.1) is 11.3 Å². The number of nitrogens with one attached hydrogen (secondary N) is 1. The van der Waals surface area contributed by atoms with Crippen LogP contribution in [0.3, 0.4) is 0 Å². The van der Waals surface area contributed by atoms with Crippen molar-refractivity contribution in [1.29, 1.82) is 5.26 Å². The van der Waals surface area contributed by atoms with Crippen molar-refractivity contribution in [3.63, 3.8) is 0 Å². The molecule has 14 heavy (non-hydrogen) atoms. The van der Waals surface area contributed by atoms with Crippen LogP contribution in [0.5, 0.6) is 0 Å². The second-order valence-electron chi connectivity index (χ2n) is 3.51.